The van der Waals surface area contributed by atoms with E-state index in [4.69, 9.17) is 0 Å². The molecule has 57 valence electrons. The lowest BCUT2D eigenvalue weighted by Crippen LogP contribution is -2.36. The fourth-order valence-corrected chi connectivity index (χ4v) is 0.740. The molecule has 5 nitrogen and oxygen atoms in total. The molecule has 0 bridgehead atoms. The standard InChI is InChI=1S/C4H7N2O3S/c1-3-10(8,9)5-6(2)4-7/h3,5H,1H2,2H3. The zero-order valence-corrected chi connectivity index (χ0v) is 6.18. The minimum atomic E-state index is -3.55. The van der Waals surface area contributed by atoms with Crippen LogP contribution in [-0.2, 0) is 14.8 Å². The van der Waals surface area contributed by atoms with E-state index < -0.39 is 10.0 Å². The monoisotopic (exact) mass is 163 g/mol. The first-order valence-electron chi connectivity index (χ1n) is 2.28. The van der Waals surface area contributed by atoms with E-state index in [1.807, 2.05) is 4.83 Å². The number of sulfonamides is 1. The smallest absolute Gasteiger partial charge is 0.262 e. The fraction of sp³-hybridized carbons (Fsp3) is 0.250. The molecule has 0 rings (SSSR count). The van der Waals surface area contributed by atoms with Crippen LogP contribution in [0.25, 0.3) is 0 Å². The predicted octanol–water partition coefficient (Wildman–Crippen LogP) is -1.04. The lowest BCUT2D eigenvalue weighted by Gasteiger charge is -2.07. The SMILES string of the molecule is C=CS(=O)(=O)NN(C)[C]=O. The number of hydrazine groups is 1. The highest BCUT2D eigenvalue weighted by Crippen LogP contribution is 1.82. The Morgan fingerprint density at radius 3 is 2.50 bits per heavy atom. The highest BCUT2D eigenvalue weighted by atomic mass is 32.2. The van der Waals surface area contributed by atoms with E-state index in [1.54, 1.807) is 0 Å². The minimum Gasteiger partial charge on any atom is -0.262 e. The zero-order chi connectivity index (χ0) is 8.20. The maximum absolute atomic E-state index is 10.5. The number of rotatable bonds is 4. The van der Waals surface area contributed by atoms with Gasteiger partial charge in [-0.15, -0.1) is 4.83 Å². The van der Waals surface area contributed by atoms with Crippen LogP contribution in [0.3, 0.4) is 0 Å². The van der Waals surface area contributed by atoms with Crippen LogP contribution in [0.1, 0.15) is 0 Å². The van der Waals surface area contributed by atoms with Gasteiger partial charge in [0.15, 0.2) is 0 Å². The second kappa shape index (κ2) is 3.33. The van der Waals surface area contributed by atoms with E-state index in [1.165, 1.54) is 13.5 Å². The highest BCUT2D eigenvalue weighted by Gasteiger charge is 2.05. The molecule has 1 amide bonds. The second-order valence-electron chi connectivity index (χ2n) is 1.45. The Morgan fingerprint density at radius 1 is 1.70 bits per heavy atom. The first-order chi connectivity index (χ1) is 4.52. The zero-order valence-electron chi connectivity index (χ0n) is 5.36. The van der Waals surface area contributed by atoms with Gasteiger partial charge in [-0.1, -0.05) is 6.58 Å². The Labute approximate surface area is 59.3 Å². The third-order valence-corrected chi connectivity index (χ3v) is 1.59. The van der Waals surface area contributed by atoms with Crippen molar-refractivity contribution >= 4 is 16.4 Å². The van der Waals surface area contributed by atoms with E-state index in [0.29, 0.717) is 10.4 Å². The summed E-state index contributed by atoms with van der Waals surface area (Å²) in [5.74, 6) is 0. The molecule has 0 atom stereocenters. The van der Waals surface area contributed by atoms with Crippen LogP contribution >= 0.6 is 0 Å². The van der Waals surface area contributed by atoms with E-state index in [9.17, 15) is 13.2 Å². The summed E-state index contributed by atoms with van der Waals surface area (Å²) in [6.07, 6.45) is 1.30. The van der Waals surface area contributed by atoms with Crippen LogP contribution in [0.5, 0.6) is 0 Å². The summed E-state index contributed by atoms with van der Waals surface area (Å²) in [5.41, 5.74) is 0. The van der Waals surface area contributed by atoms with Gasteiger partial charge >= 0.3 is 6.41 Å². The largest absolute Gasteiger partial charge is 0.328 e. The van der Waals surface area contributed by atoms with Crippen molar-refractivity contribution < 1.29 is 13.2 Å². The molecule has 10 heavy (non-hydrogen) atoms. The maximum atomic E-state index is 10.5. The minimum absolute atomic E-state index is 0.650. The molecule has 0 heterocycles. The molecule has 0 unspecified atom stereocenters. The Balaban J connectivity index is 4.15. The normalized spacial score (nSPS) is 10.5. The number of hydrogen-bond acceptors (Lipinski definition) is 3. The van der Waals surface area contributed by atoms with Crippen molar-refractivity contribution in [2.24, 2.45) is 0 Å². The van der Waals surface area contributed by atoms with Crippen LogP contribution in [-0.4, -0.2) is 26.9 Å². The molecular weight excluding hydrogens is 156 g/mol. The number of amides is 1. The van der Waals surface area contributed by atoms with E-state index in [2.05, 4.69) is 6.58 Å². The summed E-state index contributed by atoms with van der Waals surface area (Å²) in [6.45, 7) is 3.01. The van der Waals surface area contributed by atoms with Gasteiger partial charge in [-0.2, -0.15) is 0 Å². The third-order valence-electron chi connectivity index (χ3n) is 0.621. The van der Waals surface area contributed by atoms with E-state index >= 15 is 0 Å². The van der Waals surface area contributed by atoms with Gasteiger partial charge in [0.05, 0.1) is 0 Å². The molecule has 0 aliphatic carbocycles. The van der Waals surface area contributed by atoms with Crippen LogP contribution in [0.4, 0.5) is 0 Å². The number of nitrogens with zero attached hydrogens (tertiary/aromatic N) is 1. The topological polar surface area (TPSA) is 66.5 Å². The first-order valence-corrected chi connectivity index (χ1v) is 3.83. The Morgan fingerprint density at radius 2 is 2.20 bits per heavy atom. The summed E-state index contributed by atoms with van der Waals surface area (Å²) in [7, 11) is -2.34. The molecule has 0 aromatic carbocycles. The van der Waals surface area contributed by atoms with Crippen LogP contribution in [0, 0.1) is 0 Å². The third kappa shape index (κ3) is 3.21. The molecule has 0 saturated heterocycles. The van der Waals surface area contributed by atoms with Gasteiger partial charge in [0.25, 0.3) is 0 Å². The molecule has 1 radical (unpaired) electrons. The first kappa shape index (κ1) is 9.12. The number of hydrogen-bond donors (Lipinski definition) is 1. The summed E-state index contributed by atoms with van der Waals surface area (Å²) < 4.78 is 21.0. The molecule has 0 saturated carbocycles. The second-order valence-corrected chi connectivity index (χ2v) is 3.06. The van der Waals surface area contributed by atoms with Crippen LogP contribution in [0.15, 0.2) is 12.0 Å². The lowest BCUT2D eigenvalue weighted by atomic mass is 11.2. The lowest BCUT2D eigenvalue weighted by molar-refractivity contribution is 0.403. The van der Waals surface area contributed by atoms with Crippen molar-refractivity contribution in [3.05, 3.63) is 12.0 Å². The predicted molar refractivity (Wildman–Crippen MR) is 35.7 cm³/mol. The number of nitrogens with one attached hydrogen (secondary N) is 1. The van der Waals surface area contributed by atoms with Gasteiger partial charge in [-0.25, -0.2) is 8.42 Å². The van der Waals surface area contributed by atoms with Crippen molar-refractivity contribution in [3.8, 4) is 0 Å². The van der Waals surface area contributed by atoms with Gasteiger partial charge in [0.2, 0.25) is 10.0 Å². The van der Waals surface area contributed by atoms with Crippen LogP contribution in [0.2, 0.25) is 0 Å². The summed E-state index contributed by atoms with van der Waals surface area (Å²) >= 11 is 0. The summed E-state index contributed by atoms with van der Waals surface area (Å²) in [5, 5.41) is 1.35. The molecule has 1 N–H and O–H groups in total. The average Bonchev–Trinajstić information content (AvgIpc) is 1.87. The highest BCUT2D eigenvalue weighted by molar-refractivity contribution is 7.92. The fourth-order valence-electron chi connectivity index (χ4n) is 0.247. The summed E-state index contributed by atoms with van der Waals surface area (Å²) in [4.78, 5) is 11.6. The molecular formula is C4H7N2O3S. The Kier molecular flexibility index (Phi) is 3.04. The van der Waals surface area contributed by atoms with Gasteiger partial charge in [0, 0.05) is 12.5 Å². The van der Waals surface area contributed by atoms with Crippen molar-refractivity contribution in [1.29, 1.82) is 0 Å². The van der Waals surface area contributed by atoms with Gasteiger partial charge in [-0.3, -0.25) is 9.80 Å². The van der Waals surface area contributed by atoms with E-state index in [-0.39, 0.29) is 0 Å². The molecule has 0 fully saturated rings. The molecule has 0 spiro atoms. The molecule has 0 aromatic heterocycles. The van der Waals surface area contributed by atoms with Gasteiger partial charge < -0.3 is 0 Å². The molecule has 0 aliphatic heterocycles. The Bertz CT molecular complexity index is 221. The summed E-state index contributed by atoms with van der Waals surface area (Å²) in [6, 6.07) is 0. The van der Waals surface area contributed by atoms with Gasteiger partial charge in [0.1, 0.15) is 0 Å². The van der Waals surface area contributed by atoms with Gasteiger partial charge in [-0.05, 0) is 0 Å². The molecule has 6 heteroatoms. The molecule has 0 aromatic rings. The Hall–Kier alpha value is -0.880. The number of carbonyl (C=O) groups excluding carboxylic acids is 1. The average molecular weight is 163 g/mol. The van der Waals surface area contributed by atoms with E-state index in [0.717, 1.165) is 0 Å². The van der Waals surface area contributed by atoms with Crippen molar-refractivity contribution in [1.82, 2.24) is 9.84 Å². The van der Waals surface area contributed by atoms with Crippen molar-refractivity contribution in [2.45, 2.75) is 0 Å². The van der Waals surface area contributed by atoms with Crippen molar-refractivity contribution in [3.63, 3.8) is 0 Å². The quantitative estimate of drug-likeness (QED) is 0.425. The van der Waals surface area contributed by atoms with Crippen molar-refractivity contribution in [2.75, 3.05) is 7.05 Å². The maximum Gasteiger partial charge on any atom is 0.328 e. The molecule has 0 aliphatic rings. The van der Waals surface area contributed by atoms with Crippen LogP contribution < -0.4 is 4.83 Å².